The zero-order valence-electron chi connectivity index (χ0n) is 2.92. The summed E-state index contributed by atoms with van der Waals surface area (Å²) in [5.74, 6) is 0. The molecule has 7 heteroatoms. The molecule has 1 radical (unpaired) electrons. The van der Waals surface area contributed by atoms with Crippen molar-refractivity contribution in [1.29, 1.82) is 0 Å². The van der Waals surface area contributed by atoms with E-state index in [1.807, 2.05) is 0 Å². The fourth-order valence-corrected chi connectivity index (χ4v) is 0. The van der Waals surface area contributed by atoms with Gasteiger partial charge in [-0.3, -0.25) is 14.0 Å². The Balaban J connectivity index is -0.00000000900. The van der Waals surface area contributed by atoms with Crippen molar-refractivity contribution in [3.8, 4) is 0 Å². The molecule has 0 amide bonds. The van der Waals surface area contributed by atoms with Crippen LogP contribution < -0.4 is 0 Å². The topological polar surface area (TPSA) is 60.7 Å². The quantitative estimate of drug-likeness (QED) is 0.540. The van der Waals surface area contributed by atoms with Crippen LogP contribution in [0.2, 0.25) is 0 Å². The average molecular weight is 208 g/mol. The van der Waals surface area contributed by atoms with Crippen molar-refractivity contribution in [3.05, 3.63) is 0 Å². The van der Waals surface area contributed by atoms with Crippen LogP contribution >= 0.6 is 35.6 Å². The maximum Gasteiger partial charge on any atom is 0.0579 e. The van der Waals surface area contributed by atoms with E-state index in [0.717, 1.165) is 0 Å². The molecule has 0 aromatic carbocycles. The Bertz CT molecular complexity index is 10.1. The van der Waals surface area contributed by atoms with E-state index in [4.69, 9.17) is 14.0 Å². The number of hydrogen-bond acceptors (Lipinski definition) is 3. The number of halogens is 3. The van der Waals surface area contributed by atoms with Gasteiger partial charge in [0.15, 0.2) is 0 Å². The summed E-state index contributed by atoms with van der Waals surface area (Å²) >= 11 is 10.9. The second kappa shape index (κ2) is 165. The van der Waals surface area contributed by atoms with Crippen LogP contribution in [0.3, 0.4) is 0 Å². The van der Waals surface area contributed by atoms with E-state index in [1.54, 1.807) is 0 Å². The first kappa shape index (κ1) is 23.9. The molecule has 0 saturated heterocycles. The predicted octanol–water partition coefficient (Wildman–Crippen LogP) is 0.395. The molecule has 7 heavy (non-hydrogen) atoms. The Hall–Kier alpha value is 1.33. The maximum atomic E-state index is 6.47. The van der Waals surface area contributed by atoms with Crippen molar-refractivity contribution >= 4 is 35.6 Å². The van der Waals surface area contributed by atoms with E-state index >= 15 is 0 Å². The minimum atomic E-state index is 0. The van der Waals surface area contributed by atoms with Gasteiger partial charge in [0.2, 0.25) is 0 Å². The Labute approximate surface area is 68.2 Å². The fraction of sp³-hybridized carbons (Fsp3) is 0. The third kappa shape index (κ3) is 117. The van der Waals surface area contributed by atoms with Gasteiger partial charge in [0.05, 0.1) is 35.6 Å². The molecule has 0 aliphatic heterocycles. The van der Waals surface area contributed by atoms with Crippen LogP contribution in [0.5, 0.6) is 0 Å². The molecule has 0 aliphatic carbocycles. The van der Waals surface area contributed by atoms with Gasteiger partial charge in [-0.25, -0.2) is 0 Å². The summed E-state index contributed by atoms with van der Waals surface area (Å²) in [5, 5.41) is 0. The van der Waals surface area contributed by atoms with Gasteiger partial charge < -0.3 is 0 Å². The molecule has 0 atom stereocenters. The van der Waals surface area contributed by atoms with Gasteiger partial charge in [0, 0.05) is 18.6 Å². The van der Waals surface area contributed by atoms with Crippen LogP contribution in [-0.2, 0) is 18.6 Å². The van der Waals surface area contributed by atoms with Crippen LogP contribution in [0.1, 0.15) is 0 Å². The summed E-state index contributed by atoms with van der Waals surface area (Å²) in [5.41, 5.74) is 0. The molecule has 0 spiro atoms. The Morgan fingerprint density at radius 2 is 0.571 bits per heavy atom. The van der Waals surface area contributed by atoms with E-state index in [-0.39, 0.29) is 18.6 Å². The maximum absolute atomic E-state index is 6.47. The van der Waals surface area contributed by atoms with Crippen molar-refractivity contribution in [1.82, 2.24) is 0 Å². The summed E-state index contributed by atoms with van der Waals surface area (Å²) in [7, 11) is 0. The van der Waals surface area contributed by atoms with Gasteiger partial charge >= 0.3 is 0 Å². The van der Waals surface area contributed by atoms with Gasteiger partial charge in [-0.2, -0.15) is 0 Å². The minimum Gasteiger partial charge on any atom is -0.295 e. The predicted molar refractivity (Wildman–Crippen MR) is 24.2 cm³/mol. The monoisotopic (exact) mass is 207 g/mol. The summed E-state index contributed by atoms with van der Waals surface area (Å²) < 4.78 is 19.4. The molecular formula is H3Cl3O3V. The van der Waals surface area contributed by atoms with Crippen LogP contribution in [0.4, 0.5) is 0 Å². The van der Waals surface area contributed by atoms with Gasteiger partial charge in [0.25, 0.3) is 0 Å². The Morgan fingerprint density at radius 3 is 0.571 bits per heavy atom. The van der Waals surface area contributed by atoms with Crippen LogP contribution in [-0.4, -0.2) is 14.0 Å². The largest absolute Gasteiger partial charge is 0.295 e. The summed E-state index contributed by atoms with van der Waals surface area (Å²) in [6, 6.07) is 0. The molecular weight excluding hydrogens is 205 g/mol. The molecule has 0 aliphatic rings. The molecule has 0 unspecified atom stereocenters. The molecule has 0 aromatic rings. The van der Waals surface area contributed by atoms with Crippen molar-refractivity contribution in [2.24, 2.45) is 0 Å². The first-order valence-corrected chi connectivity index (χ1v) is 1.52. The van der Waals surface area contributed by atoms with Gasteiger partial charge in [-0.15, -0.1) is 0 Å². The molecule has 0 aromatic heterocycles. The second-order valence-electron chi connectivity index (χ2n) is 0. The number of hydrogen-bond donors (Lipinski definition) is 3. The van der Waals surface area contributed by atoms with Gasteiger partial charge in [-0.05, 0) is 0 Å². The zero-order chi connectivity index (χ0) is 6.00. The van der Waals surface area contributed by atoms with Crippen molar-refractivity contribution in [2.75, 3.05) is 0 Å². The molecule has 0 saturated carbocycles. The normalized spacial score (nSPS) is 2.57. The van der Waals surface area contributed by atoms with Gasteiger partial charge in [-0.1, -0.05) is 0 Å². The second-order valence-corrected chi connectivity index (χ2v) is 0. The molecule has 3 N–H and O–H groups in total. The molecule has 0 bridgehead atoms. The Morgan fingerprint density at radius 1 is 0.571 bits per heavy atom. The van der Waals surface area contributed by atoms with E-state index in [1.165, 1.54) is 0 Å². The zero-order valence-corrected chi connectivity index (χ0v) is 6.59. The van der Waals surface area contributed by atoms with E-state index < -0.39 is 0 Å². The van der Waals surface area contributed by atoms with Gasteiger partial charge in [0.1, 0.15) is 0 Å². The van der Waals surface area contributed by atoms with Crippen molar-refractivity contribution in [3.63, 3.8) is 0 Å². The summed E-state index contributed by atoms with van der Waals surface area (Å²) in [6.45, 7) is 0. The fourth-order valence-electron chi connectivity index (χ4n) is 0. The van der Waals surface area contributed by atoms with Crippen LogP contribution in [0.25, 0.3) is 0 Å². The van der Waals surface area contributed by atoms with Crippen LogP contribution in [0, 0.1) is 0 Å². The third-order valence-corrected chi connectivity index (χ3v) is 0. The van der Waals surface area contributed by atoms with E-state index in [0.29, 0.717) is 0 Å². The minimum absolute atomic E-state index is 0. The van der Waals surface area contributed by atoms with Crippen molar-refractivity contribution < 1.29 is 32.5 Å². The number of rotatable bonds is 0. The average Bonchev–Trinajstić information content (AvgIpc) is 1.81. The SMILES string of the molecule is OCl.OCl.OCl.[V]. The summed E-state index contributed by atoms with van der Waals surface area (Å²) in [6.07, 6.45) is 0. The standard InChI is InChI=1S/3ClHO.V/c3*1-2;/h3*2H;. The first-order chi connectivity index (χ1) is 3.00. The molecule has 0 rings (SSSR count). The summed E-state index contributed by atoms with van der Waals surface area (Å²) in [4.78, 5) is 0. The third-order valence-electron chi connectivity index (χ3n) is 0. The van der Waals surface area contributed by atoms with E-state index in [9.17, 15) is 0 Å². The first-order valence-electron chi connectivity index (χ1n) is 0.507. The van der Waals surface area contributed by atoms with E-state index in [2.05, 4.69) is 35.6 Å². The smallest absolute Gasteiger partial charge is 0.0579 e. The van der Waals surface area contributed by atoms with Crippen LogP contribution in [0.15, 0.2) is 0 Å². The molecule has 47 valence electrons. The Kier molecular flexibility index (Phi) is 563. The molecule has 0 fully saturated rings. The molecule has 0 heterocycles. The van der Waals surface area contributed by atoms with Crippen molar-refractivity contribution in [2.45, 2.75) is 0 Å². The molecule has 3 nitrogen and oxygen atoms in total.